The molecule has 0 aromatic heterocycles. The molecule has 2 aliphatic rings. The van der Waals surface area contributed by atoms with Crippen LogP contribution in [0.25, 0.3) is 0 Å². The van der Waals surface area contributed by atoms with Crippen molar-refractivity contribution in [1.82, 2.24) is 0 Å². The van der Waals surface area contributed by atoms with E-state index in [-0.39, 0.29) is 17.6 Å². The zero-order chi connectivity index (χ0) is 23.4. The molecule has 1 saturated heterocycles. The molecule has 0 amide bonds. The molecular weight excluding hydrogens is 426 g/mol. The Bertz CT molecular complexity index is 854. The number of rotatable bonds is 5. The minimum absolute atomic E-state index is 0.0519. The highest BCUT2D eigenvalue weighted by Gasteiger charge is 2.48. The Morgan fingerprint density at radius 1 is 1.09 bits per heavy atom. The van der Waals surface area contributed by atoms with E-state index in [9.17, 15) is 35.4 Å². The average Bonchev–Trinajstić information content (AvgIpc) is 2.80. The molecule has 0 bridgehead atoms. The predicted molar refractivity (Wildman–Crippen MR) is 105 cm³/mol. The number of nitrogens with zero attached hydrogens (tertiary/aromatic N) is 1. The smallest absolute Gasteiger partial charge is 0.338 e. The molecular formula is C21H25NO10. The summed E-state index contributed by atoms with van der Waals surface area (Å²) in [4.78, 5) is 12.4. The van der Waals surface area contributed by atoms with Gasteiger partial charge in [0.1, 0.15) is 42.7 Å². The molecule has 11 heteroatoms. The summed E-state index contributed by atoms with van der Waals surface area (Å²) < 4.78 is 16.3. The maximum Gasteiger partial charge on any atom is 0.338 e. The van der Waals surface area contributed by atoms with Gasteiger partial charge in [0, 0.05) is 18.1 Å². The van der Waals surface area contributed by atoms with Gasteiger partial charge in [0.2, 0.25) is 0 Å². The molecule has 9 unspecified atom stereocenters. The third-order valence-corrected chi connectivity index (χ3v) is 5.51. The van der Waals surface area contributed by atoms with Crippen molar-refractivity contribution < 1.29 is 49.6 Å². The van der Waals surface area contributed by atoms with Crippen LogP contribution < -0.4 is 0 Å². The molecule has 0 spiro atoms. The van der Waals surface area contributed by atoms with Crippen LogP contribution in [0, 0.1) is 11.3 Å². The zero-order valence-corrected chi connectivity index (χ0v) is 16.8. The van der Waals surface area contributed by atoms with Gasteiger partial charge in [0.25, 0.3) is 0 Å². The van der Waals surface area contributed by atoms with E-state index in [1.165, 1.54) is 12.1 Å². The van der Waals surface area contributed by atoms with E-state index in [4.69, 9.17) is 19.5 Å². The van der Waals surface area contributed by atoms with Gasteiger partial charge in [0.05, 0.1) is 24.3 Å². The number of nitriles is 1. The molecule has 32 heavy (non-hydrogen) atoms. The van der Waals surface area contributed by atoms with Crippen LogP contribution >= 0.6 is 0 Å². The topological polar surface area (TPSA) is 190 Å². The molecule has 6 N–H and O–H groups in total. The number of carbonyl (C=O) groups excluding carboxylic acids is 1. The van der Waals surface area contributed by atoms with Crippen LogP contribution in [0.15, 0.2) is 42.0 Å². The summed E-state index contributed by atoms with van der Waals surface area (Å²) in [6.45, 7) is -0.672. The van der Waals surface area contributed by atoms with E-state index in [0.717, 1.165) is 6.08 Å². The molecule has 3 rings (SSSR count). The van der Waals surface area contributed by atoms with Crippen molar-refractivity contribution in [3.8, 4) is 6.07 Å². The van der Waals surface area contributed by atoms with E-state index >= 15 is 0 Å². The highest BCUT2D eigenvalue weighted by molar-refractivity contribution is 5.89. The SMILES string of the molecule is N#CC=C1C(OC2OC(CO)C(O)C(O)C2O)CC(OC(=O)c2ccccc2)C(O)C1O. The lowest BCUT2D eigenvalue weighted by Gasteiger charge is -2.43. The average molecular weight is 451 g/mol. The van der Waals surface area contributed by atoms with Gasteiger partial charge in [-0.2, -0.15) is 5.26 Å². The summed E-state index contributed by atoms with van der Waals surface area (Å²) in [5.74, 6) is -0.749. The largest absolute Gasteiger partial charge is 0.456 e. The molecule has 174 valence electrons. The summed E-state index contributed by atoms with van der Waals surface area (Å²) in [6, 6.07) is 9.71. The highest BCUT2D eigenvalue weighted by atomic mass is 16.7. The summed E-state index contributed by atoms with van der Waals surface area (Å²) in [7, 11) is 0. The standard InChI is InChI=1S/C21H25NO10/c22-7-6-11-12(31-21-19(28)18(27)17(26)14(9-23)32-21)8-13(16(25)15(11)24)30-20(29)10-4-2-1-3-5-10/h1-6,12-19,21,23-28H,8-9H2. The van der Waals surface area contributed by atoms with Crippen molar-refractivity contribution in [3.05, 3.63) is 47.5 Å². The lowest BCUT2D eigenvalue weighted by atomic mass is 9.84. The maximum atomic E-state index is 12.4. The lowest BCUT2D eigenvalue weighted by molar-refractivity contribution is -0.312. The number of hydrogen-bond acceptors (Lipinski definition) is 11. The van der Waals surface area contributed by atoms with Gasteiger partial charge in [-0.25, -0.2) is 4.79 Å². The second-order valence-electron chi connectivity index (χ2n) is 7.58. The molecule has 1 aromatic rings. The number of aliphatic hydroxyl groups excluding tert-OH is 6. The summed E-state index contributed by atoms with van der Waals surface area (Å²) in [6.07, 6.45) is -12.6. The van der Waals surface area contributed by atoms with Gasteiger partial charge in [-0.05, 0) is 12.1 Å². The lowest BCUT2D eigenvalue weighted by Crippen LogP contribution is -2.60. The van der Waals surface area contributed by atoms with Crippen molar-refractivity contribution in [2.45, 2.75) is 61.5 Å². The number of esters is 1. The highest BCUT2D eigenvalue weighted by Crippen LogP contribution is 2.33. The first kappa shape index (κ1) is 24.2. The molecule has 1 aliphatic carbocycles. The normalized spacial score (nSPS) is 38.8. The maximum absolute atomic E-state index is 12.4. The number of carbonyl (C=O) groups is 1. The first-order valence-corrected chi connectivity index (χ1v) is 9.96. The van der Waals surface area contributed by atoms with Crippen molar-refractivity contribution in [1.29, 1.82) is 5.26 Å². The van der Waals surface area contributed by atoms with E-state index in [1.54, 1.807) is 24.3 Å². The molecule has 2 fully saturated rings. The Labute approximate surface area is 183 Å². The fourth-order valence-electron chi connectivity index (χ4n) is 3.70. The number of aliphatic hydroxyl groups is 6. The van der Waals surface area contributed by atoms with Crippen molar-refractivity contribution in [3.63, 3.8) is 0 Å². The summed E-state index contributed by atoms with van der Waals surface area (Å²) in [5.41, 5.74) is 0.169. The minimum Gasteiger partial charge on any atom is -0.456 e. The van der Waals surface area contributed by atoms with Crippen molar-refractivity contribution in [2.24, 2.45) is 0 Å². The fourth-order valence-corrected chi connectivity index (χ4v) is 3.70. The predicted octanol–water partition coefficient (Wildman–Crippen LogP) is -2.03. The third kappa shape index (κ3) is 4.98. The van der Waals surface area contributed by atoms with Gasteiger partial charge >= 0.3 is 5.97 Å². The van der Waals surface area contributed by atoms with Crippen LogP contribution in [-0.2, 0) is 14.2 Å². The van der Waals surface area contributed by atoms with Crippen LogP contribution in [-0.4, -0.2) is 98.3 Å². The van der Waals surface area contributed by atoms with Gasteiger partial charge in [0.15, 0.2) is 6.29 Å². The first-order valence-electron chi connectivity index (χ1n) is 9.96. The molecule has 11 nitrogen and oxygen atoms in total. The van der Waals surface area contributed by atoms with Gasteiger partial charge in [-0.15, -0.1) is 0 Å². The van der Waals surface area contributed by atoms with Crippen LogP contribution in [0.5, 0.6) is 0 Å². The second kappa shape index (κ2) is 10.5. The Morgan fingerprint density at radius 2 is 1.78 bits per heavy atom. The van der Waals surface area contributed by atoms with E-state index in [2.05, 4.69) is 0 Å². The van der Waals surface area contributed by atoms with Gasteiger partial charge < -0.3 is 44.8 Å². The number of ether oxygens (including phenoxy) is 3. The zero-order valence-electron chi connectivity index (χ0n) is 16.8. The fraction of sp³-hybridized carbons (Fsp3) is 0.524. The Hall–Kier alpha value is -2.40. The van der Waals surface area contributed by atoms with E-state index in [0.29, 0.717) is 0 Å². The molecule has 1 aliphatic heterocycles. The number of allylic oxidation sites excluding steroid dienone is 1. The summed E-state index contributed by atoms with van der Waals surface area (Å²) in [5, 5.41) is 69.4. The van der Waals surface area contributed by atoms with Gasteiger partial charge in [-0.3, -0.25) is 0 Å². The van der Waals surface area contributed by atoms with Crippen LogP contribution in [0.1, 0.15) is 16.8 Å². The first-order chi connectivity index (χ1) is 15.3. The number of benzene rings is 1. The molecule has 0 radical (unpaired) electrons. The third-order valence-electron chi connectivity index (χ3n) is 5.51. The Kier molecular flexibility index (Phi) is 7.94. The van der Waals surface area contributed by atoms with E-state index < -0.39 is 67.7 Å². The minimum atomic E-state index is -1.72. The van der Waals surface area contributed by atoms with E-state index in [1.807, 2.05) is 0 Å². The van der Waals surface area contributed by atoms with Crippen molar-refractivity contribution in [2.75, 3.05) is 6.61 Å². The van der Waals surface area contributed by atoms with Crippen LogP contribution in [0.3, 0.4) is 0 Å². The molecule has 1 heterocycles. The Morgan fingerprint density at radius 3 is 2.41 bits per heavy atom. The molecule has 1 saturated carbocycles. The van der Waals surface area contributed by atoms with Gasteiger partial charge in [-0.1, -0.05) is 18.2 Å². The number of hydrogen-bond donors (Lipinski definition) is 6. The van der Waals surface area contributed by atoms with Crippen molar-refractivity contribution >= 4 is 5.97 Å². The summed E-state index contributed by atoms with van der Waals surface area (Å²) >= 11 is 0. The molecule has 9 atom stereocenters. The quantitative estimate of drug-likeness (QED) is 0.214. The van der Waals surface area contributed by atoms with Crippen LogP contribution in [0.2, 0.25) is 0 Å². The monoisotopic (exact) mass is 451 g/mol. The van der Waals surface area contributed by atoms with Crippen LogP contribution in [0.4, 0.5) is 0 Å². The molecule has 1 aromatic carbocycles. The second-order valence-corrected chi connectivity index (χ2v) is 7.58. The Balaban J connectivity index is 1.80.